The van der Waals surface area contributed by atoms with Gasteiger partial charge in [0.1, 0.15) is 29.4 Å². The highest BCUT2D eigenvalue weighted by Gasteiger charge is 2.39. The Kier molecular flexibility index (Phi) is 12.8. The molecule has 0 aliphatic heterocycles. The lowest BCUT2D eigenvalue weighted by Crippen LogP contribution is -2.32. The zero-order chi connectivity index (χ0) is 33.9. The third-order valence-corrected chi connectivity index (χ3v) is 6.75. The lowest BCUT2D eigenvalue weighted by Gasteiger charge is -2.10. The maximum Gasteiger partial charge on any atom is 0.473 e. The standard InChI is InChI=1S/C29H35B2F3N7O5/c1-19-20(2)41(15-5-17-46-24-12-8-22(9-13-24)26(36)39-31(3)44)28(37-27(43)29(32,33)34)40(19)14-4-16-45-23-10-6-21(7-11-23)25(35)38-30-18-42/h6-13,18,44H,4-5,14-17H2,1-3H3,(H2,35,38)(H2,36,39). The van der Waals surface area contributed by atoms with E-state index < -0.39 is 19.1 Å². The van der Waals surface area contributed by atoms with Crippen LogP contribution in [0.25, 0.3) is 0 Å². The first-order chi connectivity index (χ1) is 21.8. The minimum atomic E-state index is -5.12. The first-order valence-corrected chi connectivity index (χ1v) is 14.3. The zero-order valence-electron chi connectivity index (χ0n) is 25.7. The van der Waals surface area contributed by atoms with Crippen LogP contribution in [0.3, 0.4) is 0 Å². The number of nitrogens with two attached hydrogens (primary N) is 2. The van der Waals surface area contributed by atoms with Gasteiger partial charge in [0.05, 0.1) is 13.2 Å². The molecule has 1 amide bonds. The first-order valence-electron chi connectivity index (χ1n) is 14.3. The molecule has 0 spiro atoms. The van der Waals surface area contributed by atoms with Crippen LogP contribution >= 0.6 is 0 Å². The molecule has 0 saturated heterocycles. The van der Waals surface area contributed by atoms with E-state index >= 15 is 0 Å². The summed E-state index contributed by atoms with van der Waals surface area (Å²) in [6.07, 6.45) is -3.79. The van der Waals surface area contributed by atoms with Crippen LogP contribution in [0.5, 0.6) is 11.5 Å². The normalized spacial score (nSPS) is 12.6. The monoisotopic (exact) mass is 640 g/mol. The van der Waals surface area contributed by atoms with E-state index in [2.05, 4.69) is 14.8 Å². The number of hydrogen-bond acceptors (Lipinski definition) is 7. The van der Waals surface area contributed by atoms with Gasteiger partial charge in [0, 0.05) is 35.6 Å². The SMILES string of the molecule is CB(O)N=C(N)c1ccc(OCCCn2c(C)c(C)n(CCCOc3ccc(C(N)=N[B]C=O)cc3)c2=NC(=O)C(F)(F)F)cc1. The number of amides is 1. The number of rotatable bonds is 15. The lowest BCUT2D eigenvalue weighted by molar-refractivity contribution is -0.169. The van der Waals surface area contributed by atoms with Crippen LogP contribution in [0.4, 0.5) is 13.2 Å². The number of halogens is 3. The molecule has 0 unspecified atom stereocenters. The fourth-order valence-electron chi connectivity index (χ4n) is 4.38. The molecule has 0 atom stereocenters. The van der Waals surface area contributed by atoms with Crippen LogP contribution in [0.1, 0.15) is 35.4 Å². The van der Waals surface area contributed by atoms with Gasteiger partial charge in [-0.3, -0.25) is 9.70 Å². The first kappa shape index (κ1) is 35.7. The molecule has 243 valence electrons. The second-order valence-corrected chi connectivity index (χ2v) is 10.1. The Bertz CT molecular complexity index is 1620. The van der Waals surface area contributed by atoms with Crippen LogP contribution in [0.2, 0.25) is 6.82 Å². The number of benzene rings is 2. The summed E-state index contributed by atoms with van der Waals surface area (Å²) in [6, 6.07) is 13.5. The van der Waals surface area contributed by atoms with E-state index in [0.717, 1.165) is 7.41 Å². The molecule has 1 heterocycles. The van der Waals surface area contributed by atoms with E-state index in [9.17, 15) is 27.8 Å². The quantitative estimate of drug-likeness (QED) is 0.0751. The molecule has 3 aromatic rings. The van der Waals surface area contributed by atoms with Crippen molar-refractivity contribution in [2.45, 2.75) is 52.8 Å². The van der Waals surface area contributed by atoms with Crippen LogP contribution in [0.15, 0.2) is 63.3 Å². The zero-order valence-corrected chi connectivity index (χ0v) is 25.7. The number of hydrogen-bond donors (Lipinski definition) is 3. The number of ether oxygens (including phenoxy) is 2. The van der Waals surface area contributed by atoms with Crippen molar-refractivity contribution in [2.75, 3.05) is 13.2 Å². The summed E-state index contributed by atoms with van der Waals surface area (Å²) in [5.74, 6) is -0.763. The number of carbonyl (C=O) groups excluding carboxylic acids is 2. The molecular formula is C29H35B2F3N7O5. The molecule has 1 radical (unpaired) electrons. The topological polar surface area (TPSA) is 172 Å². The van der Waals surface area contributed by atoms with Crippen molar-refractivity contribution < 1.29 is 37.3 Å². The van der Waals surface area contributed by atoms with Crippen molar-refractivity contribution in [3.8, 4) is 11.5 Å². The molecule has 1 aromatic heterocycles. The predicted octanol–water partition coefficient (Wildman–Crippen LogP) is 2.16. The maximum atomic E-state index is 13.2. The number of imidazole rings is 1. The van der Waals surface area contributed by atoms with Crippen molar-refractivity contribution in [1.29, 1.82) is 0 Å². The Balaban J connectivity index is 1.68. The summed E-state index contributed by atoms with van der Waals surface area (Å²) in [5, 5.41) is 9.36. The smallest absolute Gasteiger partial charge is 0.473 e. The van der Waals surface area contributed by atoms with Crippen molar-refractivity contribution in [1.82, 2.24) is 9.13 Å². The second-order valence-electron chi connectivity index (χ2n) is 10.1. The summed E-state index contributed by atoms with van der Waals surface area (Å²) in [6.45, 7) is 5.95. The highest BCUT2D eigenvalue weighted by molar-refractivity contribution is 6.66. The van der Waals surface area contributed by atoms with Crippen LogP contribution in [0, 0.1) is 13.8 Å². The Morgan fingerprint density at radius 3 is 1.78 bits per heavy atom. The van der Waals surface area contributed by atoms with Gasteiger partial charge in [-0.2, -0.15) is 18.2 Å². The van der Waals surface area contributed by atoms with Crippen molar-refractivity contribution >= 4 is 38.2 Å². The van der Waals surface area contributed by atoms with Crippen molar-refractivity contribution in [3.63, 3.8) is 0 Å². The van der Waals surface area contributed by atoms with Gasteiger partial charge >= 0.3 is 26.5 Å². The fraction of sp³-hybridized carbons (Fsp3) is 0.345. The van der Waals surface area contributed by atoms with Gasteiger partial charge in [-0.1, -0.05) is 0 Å². The Hall–Kier alpha value is -4.79. The summed E-state index contributed by atoms with van der Waals surface area (Å²) in [4.78, 5) is 33.5. The van der Waals surface area contributed by atoms with Gasteiger partial charge in [-0.05, 0) is 82.0 Å². The summed E-state index contributed by atoms with van der Waals surface area (Å²) in [5.41, 5.74) is 14.1. The van der Waals surface area contributed by atoms with Crippen molar-refractivity contribution in [2.24, 2.45) is 26.3 Å². The Labute approximate surface area is 265 Å². The van der Waals surface area contributed by atoms with Crippen molar-refractivity contribution in [3.05, 3.63) is 76.7 Å². The molecule has 0 bridgehead atoms. The second kappa shape index (κ2) is 16.5. The van der Waals surface area contributed by atoms with E-state index in [1.807, 2.05) is 0 Å². The van der Waals surface area contributed by atoms with Crippen LogP contribution < -0.4 is 26.6 Å². The van der Waals surface area contributed by atoms with Gasteiger partial charge in [-0.15, -0.1) is 0 Å². The largest absolute Gasteiger partial charge is 0.494 e. The molecule has 5 N–H and O–H groups in total. The molecule has 46 heavy (non-hydrogen) atoms. The molecule has 3 rings (SSSR count). The van der Waals surface area contributed by atoms with E-state index in [1.165, 1.54) is 6.82 Å². The average molecular weight is 640 g/mol. The maximum absolute atomic E-state index is 13.2. The number of alkyl halides is 3. The number of carbonyl (C=O) groups is 2. The molecule has 0 aliphatic carbocycles. The Morgan fingerprint density at radius 2 is 1.37 bits per heavy atom. The van der Waals surface area contributed by atoms with Gasteiger partial charge in [-0.25, -0.2) is 0 Å². The predicted molar refractivity (Wildman–Crippen MR) is 169 cm³/mol. The highest BCUT2D eigenvalue weighted by Crippen LogP contribution is 2.17. The lowest BCUT2D eigenvalue weighted by atomic mass is 9.90. The summed E-state index contributed by atoms with van der Waals surface area (Å²) >= 11 is 0. The van der Waals surface area contributed by atoms with Gasteiger partial charge < -0.3 is 44.8 Å². The summed E-state index contributed by atoms with van der Waals surface area (Å²) in [7, 11) is 0.110. The van der Waals surface area contributed by atoms with Crippen LogP contribution in [-0.4, -0.2) is 71.8 Å². The third kappa shape index (κ3) is 10.1. The fourth-order valence-corrected chi connectivity index (χ4v) is 4.38. The van der Waals surface area contributed by atoms with Gasteiger partial charge in [0.15, 0.2) is 0 Å². The average Bonchev–Trinajstić information content (AvgIpc) is 3.23. The number of nitrogens with zero attached hydrogens (tertiary/aromatic N) is 5. The summed E-state index contributed by atoms with van der Waals surface area (Å²) < 4.78 is 54.3. The number of amidine groups is 2. The molecule has 12 nitrogen and oxygen atoms in total. The van der Waals surface area contributed by atoms with E-state index in [0.29, 0.717) is 53.0 Å². The van der Waals surface area contributed by atoms with E-state index in [-0.39, 0.29) is 43.6 Å². The molecule has 0 fully saturated rings. The minimum absolute atomic E-state index is 0.110. The third-order valence-electron chi connectivity index (χ3n) is 6.75. The molecule has 0 aliphatic rings. The van der Waals surface area contributed by atoms with Gasteiger partial charge in [0.25, 0.3) is 0 Å². The molecular weight excluding hydrogens is 605 g/mol. The highest BCUT2D eigenvalue weighted by atomic mass is 19.4. The van der Waals surface area contributed by atoms with E-state index in [1.54, 1.807) is 71.5 Å². The van der Waals surface area contributed by atoms with E-state index in [4.69, 9.17) is 20.9 Å². The molecule has 0 saturated carbocycles. The minimum Gasteiger partial charge on any atom is -0.494 e. The Morgan fingerprint density at radius 1 is 0.913 bits per heavy atom. The molecule has 2 aromatic carbocycles. The van der Waals surface area contributed by atoms with Gasteiger partial charge in [0.2, 0.25) is 5.62 Å². The van der Waals surface area contributed by atoms with Crippen LogP contribution in [-0.2, 0) is 22.7 Å². The molecule has 17 heteroatoms. The number of aromatic nitrogens is 2.